The van der Waals surface area contributed by atoms with Crippen LogP contribution in [0.4, 0.5) is 15.8 Å². The number of rotatable bonds is 6. The van der Waals surface area contributed by atoms with Crippen LogP contribution in [-0.4, -0.2) is 30.2 Å². The number of benzene rings is 2. The Labute approximate surface area is 157 Å². The monoisotopic (exact) mass is 388 g/mol. The number of nitrogens with one attached hydrogen (secondary N) is 1. The molecule has 0 saturated heterocycles. The van der Waals surface area contributed by atoms with Crippen LogP contribution >= 0.6 is 0 Å². The normalized spacial score (nSPS) is 12.0. The predicted molar refractivity (Wildman–Crippen MR) is 94.2 cm³/mol. The summed E-state index contributed by atoms with van der Waals surface area (Å²) in [6.45, 7) is -0.662. The van der Waals surface area contributed by atoms with E-state index in [0.29, 0.717) is 5.75 Å². The quantitative estimate of drug-likeness (QED) is 0.350. The first-order chi connectivity index (χ1) is 13.4. The number of amides is 1. The maximum Gasteiger partial charge on any atom is 0.331 e. The number of esters is 1. The number of anilines is 1. The zero-order valence-electron chi connectivity index (χ0n) is 14.2. The Kier molecular flexibility index (Phi) is 5.49. The van der Waals surface area contributed by atoms with E-state index in [1.165, 1.54) is 36.4 Å². The highest BCUT2D eigenvalue weighted by molar-refractivity contribution is 5.94. The van der Waals surface area contributed by atoms with E-state index in [-0.39, 0.29) is 29.5 Å². The molecule has 0 spiro atoms. The van der Waals surface area contributed by atoms with Crippen molar-refractivity contribution in [1.82, 2.24) is 0 Å². The van der Waals surface area contributed by atoms with Gasteiger partial charge in [0.05, 0.1) is 16.6 Å². The molecule has 2 aromatic carbocycles. The van der Waals surface area contributed by atoms with Crippen molar-refractivity contribution >= 4 is 29.3 Å². The van der Waals surface area contributed by atoms with Gasteiger partial charge in [-0.3, -0.25) is 14.9 Å². The fraction of sp³-hybridized carbons (Fsp3) is 0.111. The lowest BCUT2D eigenvalue weighted by Crippen LogP contribution is -2.20. The first-order valence-corrected chi connectivity index (χ1v) is 7.90. The highest BCUT2D eigenvalue weighted by atomic mass is 19.1. The second-order valence-electron chi connectivity index (χ2n) is 5.52. The van der Waals surface area contributed by atoms with Crippen molar-refractivity contribution in [3.05, 3.63) is 64.0 Å². The van der Waals surface area contributed by atoms with Gasteiger partial charge in [-0.1, -0.05) is 6.07 Å². The molecule has 2 aromatic rings. The maximum atomic E-state index is 13.1. The third-order valence-corrected chi connectivity index (χ3v) is 3.57. The molecule has 0 radical (unpaired) electrons. The SMILES string of the molecule is O=C(COC(=O)/C=C/c1cc2c(cc1[N+](=O)[O-])OCO2)Nc1cccc(F)c1. The number of carbonyl (C=O) groups excluding carboxylic acids is 2. The summed E-state index contributed by atoms with van der Waals surface area (Å²) >= 11 is 0. The van der Waals surface area contributed by atoms with Crippen LogP contribution < -0.4 is 14.8 Å². The van der Waals surface area contributed by atoms with Crippen molar-refractivity contribution in [2.75, 3.05) is 18.7 Å². The van der Waals surface area contributed by atoms with Gasteiger partial charge in [0, 0.05) is 11.8 Å². The van der Waals surface area contributed by atoms with Crippen LogP contribution in [0.2, 0.25) is 0 Å². The second-order valence-corrected chi connectivity index (χ2v) is 5.52. The summed E-state index contributed by atoms with van der Waals surface area (Å²) < 4.78 is 28.0. The molecular formula is C18H13FN2O7. The van der Waals surface area contributed by atoms with E-state index >= 15 is 0 Å². The largest absolute Gasteiger partial charge is 0.454 e. The molecule has 0 bridgehead atoms. The number of hydrogen-bond donors (Lipinski definition) is 1. The van der Waals surface area contributed by atoms with Crippen LogP contribution in [0.5, 0.6) is 11.5 Å². The molecule has 0 atom stereocenters. The Balaban J connectivity index is 1.59. The second kappa shape index (κ2) is 8.16. The molecule has 1 aliphatic heterocycles. The van der Waals surface area contributed by atoms with Crippen LogP contribution in [0.25, 0.3) is 6.08 Å². The first-order valence-electron chi connectivity index (χ1n) is 7.90. The molecule has 28 heavy (non-hydrogen) atoms. The van der Waals surface area contributed by atoms with E-state index in [4.69, 9.17) is 14.2 Å². The maximum absolute atomic E-state index is 13.1. The smallest absolute Gasteiger partial charge is 0.331 e. The molecule has 9 nitrogen and oxygen atoms in total. The van der Waals surface area contributed by atoms with Gasteiger partial charge < -0.3 is 19.5 Å². The van der Waals surface area contributed by atoms with Gasteiger partial charge in [0.1, 0.15) is 5.82 Å². The molecule has 0 aliphatic carbocycles. The average molecular weight is 388 g/mol. The van der Waals surface area contributed by atoms with Crippen LogP contribution in [-0.2, 0) is 14.3 Å². The van der Waals surface area contributed by atoms with Crippen LogP contribution in [0.3, 0.4) is 0 Å². The Morgan fingerprint density at radius 2 is 2.00 bits per heavy atom. The Hall–Kier alpha value is -3.95. The minimum atomic E-state index is -0.888. The molecule has 1 N–H and O–H groups in total. The number of halogens is 1. The molecule has 0 aromatic heterocycles. The first kappa shape index (κ1) is 18.8. The molecule has 0 saturated carbocycles. The summed E-state index contributed by atoms with van der Waals surface area (Å²) in [5.74, 6) is -1.53. The third-order valence-electron chi connectivity index (χ3n) is 3.57. The number of nitro benzene ring substituents is 1. The van der Waals surface area contributed by atoms with Gasteiger partial charge in [0.2, 0.25) is 6.79 Å². The number of nitrogens with zero attached hydrogens (tertiary/aromatic N) is 1. The summed E-state index contributed by atoms with van der Waals surface area (Å²) in [4.78, 5) is 34.0. The zero-order chi connectivity index (χ0) is 20.1. The summed E-state index contributed by atoms with van der Waals surface area (Å²) in [5, 5.41) is 13.5. The summed E-state index contributed by atoms with van der Waals surface area (Å²) in [6, 6.07) is 7.77. The molecule has 144 valence electrons. The summed E-state index contributed by atoms with van der Waals surface area (Å²) in [5.41, 5.74) is 0.0418. The molecule has 1 heterocycles. The lowest BCUT2D eigenvalue weighted by molar-refractivity contribution is -0.385. The van der Waals surface area contributed by atoms with Crippen LogP contribution in [0.15, 0.2) is 42.5 Å². The highest BCUT2D eigenvalue weighted by Gasteiger charge is 2.22. The molecule has 0 unspecified atom stereocenters. The van der Waals surface area contributed by atoms with Gasteiger partial charge in [0.15, 0.2) is 18.1 Å². The van der Waals surface area contributed by atoms with E-state index in [1.54, 1.807) is 0 Å². The number of fused-ring (bicyclic) bond motifs is 1. The van der Waals surface area contributed by atoms with Crippen LogP contribution in [0, 0.1) is 15.9 Å². The van der Waals surface area contributed by atoms with Gasteiger partial charge in [-0.15, -0.1) is 0 Å². The van der Waals surface area contributed by atoms with Crippen molar-refractivity contribution in [3.63, 3.8) is 0 Å². The van der Waals surface area contributed by atoms with Gasteiger partial charge in [-0.25, -0.2) is 9.18 Å². The van der Waals surface area contributed by atoms with E-state index in [1.807, 2.05) is 0 Å². The zero-order valence-corrected chi connectivity index (χ0v) is 14.2. The lowest BCUT2D eigenvalue weighted by Gasteiger charge is -2.05. The summed E-state index contributed by atoms with van der Waals surface area (Å²) in [6.07, 6.45) is 2.12. The third kappa shape index (κ3) is 4.61. The Morgan fingerprint density at radius 1 is 1.25 bits per heavy atom. The fourth-order valence-electron chi connectivity index (χ4n) is 2.34. The number of ether oxygens (including phenoxy) is 3. The predicted octanol–water partition coefficient (Wildman–Crippen LogP) is 2.66. The Bertz CT molecular complexity index is 974. The van der Waals surface area contributed by atoms with E-state index in [2.05, 4.69) is 5.32 Å². The van der Waals surface area contributed by atoms with Crippen molar-refractivity contribution in [2.24, 2.45) is 0 Å². The minimum absolute atomic E-state index is 0.0535. The lowest BCUT2D eigenvalue weighted by atomic mass is 10.1. The van der Waals surface area contributed by atoms with Gasteiger partial charge in [-0.05, 0) is 30.3 Å². The number of nitro groups is 1. The van der Waals surface area contributed by atoms with E-state index in [0.717, 1.165) is 12.1 Å². The van der Waals surface area contributed by atoms with Gasteiger partial charge in [0.25, 0.3) is 11.6 Å². The van der Waals surface area contributed by atoms with E-state index in [9.17, 15) is 24.1 Å². The molecule has 1 aliphatic rings. The number of carbonyl (C=O) groups is 2. The molecule has 0 fully saturated rings. The highest BCUT2D eigenvalue weighted by Crippen LogP contribution is 2.38. The topological polar surface area (TPSA) is 117 Å². The van der Waals surface area contributed by atoms with Crippen molar-refractivity contribution in [2.45, 2.75) is 0 Å². The van der Waals surface area contributed by atoms with Crippen molar-refractivity contribution in [3.8, 4) is 11.5 Å². The fourth-order valence-corrected chi connectivity index (χ4v) is 2.34. The number of hydrogen-bond acceptors (Lipinski definition) is 7. The van der Waals surface area contributed by atoms with Gasteiger partial charge >= 0.3 is 5.97 Å². The van der Waals surface area contributed by atoms with Crippen molar-refractivity contribution < 1.29 is 33.1 Å². The molecule has 1 amide bonds. The summed E-state index contributed by atoms with van der Waals surface area (Å²) in [7, 11) is 0. The molecule has 10 heteroatoms. The standard InChI is InChI=1S/C18H13FN2O7/c19-12-2-1-3-13(7-12)20-17(22)9-26-18(23)5-4-11-6-15-16(28-10-27-15)8-14(11)21(24)25/h1-8H,9-10H2,(H,20,22)/b5-4+. The van der Waals surface area contributed by atoms with Crippen molar-refractivity contribution in [1.29, 1.82) is 0 Å². The van der Waals surface area contributed by atoms with E-state index < -0.39 is 29.2 Å². The van der Waals surface area contributed by atoms with Crippen LogP contribution in [0.1, 0.15) is 5.56 Å². The molecule has 3 rings (SSSR count). The minimum Gasteiger partial charge on any atom is -0.454 e. The molecular weight excluding hydrogens is 375 g/mol. The van der Waals surface area contributed by atoms with Gasteiger partial charge in [-0.2, -0.15) is 0 Å². The Morgan fingerprint density at radius 3 is 2.71 bits per heavy atom. The average Bonchev–Trinajstić information content (AvgIpc) is 3.11.